The van der Waals surface area contributed by atoms with Crippen molar-refractivity contribution in [3.8, 4) is 0 Å². The number of thioether (sulfide) groups is 1. The summed E-state index contributed by atoms with van der Waals surface area (Å²) in [6.07, 6.45) is 3.15. The van der Waals surface area contributed by atoms with Gasteiger partial charge in [-0.1, -0.05) is 22.0 Å². The van der Waals surface area contributed by atoms with Gasteiger partial charge in [-0.2, -0.15) is 0 Å². The lowest BCUT2D eigenvalue weighted by atomic mass is 10.2. The minimum atomic E-state index is 1.02. The summed E-state index contributed by atoms with van der Waals surface area (Å²) >= 11 is 5.18. The summed E-state index contributed by atoms with van der Waals surface area (Å²) < 4.78 is 0. The van der Waals surface area contributed by atoms with Crippen LogP contribution in [0.3, 0.4) is 0 Å². The van der Waals surface area contributed by atoms with Crippen molar-refractivity contribution in [2.75, 3.05) is 11.6 Å². The van der Waals surface area contributed by atoms with Gasteiger partial charge in [-0.25, -0.2) is 0 Å². The lowest BCUT2D eigenvalue weighted by Crippen LogP contribution is -1.85. The van der Waals surface area contributed by atoms with Crippen LogP contribution in [0.5, 0.6) is 0 Å². The van der Waals surface area contributed by atoms with Crippen LogP contribution in [-0.4, -0.2) is 11.6 Å². The van der Waals surface area contributed by atoms with E-state index in [0.717, 1.165) is 11.8 Å². The molecule has 0 aliphatic carbocycles. The molecule has 59 valence electrons. The predicted octanol–water partition coefficient (Wildman–Crippen LogP) is 3.15. The first-order chi connectivity index (χ1) is 5.36. The van der Waals surface area contributed by atoms with Gasteiger partial charge in [0.25, 0.3) is 0 Å². The van der Waals surface area contributed by atoms with E-state index in [9.17, 15) is 0 Å². The Hall–Kier alpha value is 0.0500. The van der Waals surface area contributed by atoms with Crippen LogP contribution in [0.1, 0.15) is 5.56 Å². The summed E-state index contributed by atoms with van der Waals surface area (Å²) in [6, 6.07) is 9.46. The van der Waals surface area contributed by atoms with Gasteiger partial charge in [0.15, 0.2) is 0 Å². The van der Waals surface area contributed by atoms with Crippen molar-refractivity contribution >= 4 is 27.7 Å². The minimum Gasteiger partial charge on any atom is -0.130 e. The maximum Gasteiger partial charge on any atom is 0.00723 e. The fraction of sp³-hybridized carbons (Fsp3) is 0.333. The predicted molar refractivity (Wildman–Crippen MR) is 54.6 cm³/mol. The van der Waals surface area contributed by atoms with Gasteiger partial charge in [0, 0.05) is 10.2 Å². The highest BCUT2D eigenvalue weighted by molar-refractivity contribution is 9.09. The molecule has 0 saturated heterocycles. The van der Waals surface area contributed by atoms with E-state index >= 15 is 0 Å². The highest BCUT2D eigenvalue weighted by atomic mass is 79.9. The van der Waals surface area contributed by atoms with E-state index in [1.165, 1.54) is 10.5 Å². The van der Waals surface area contributed by atoms with Crippen molar-refractivity contribution in [2.45, 2.75) is 11.3 Å². The number of hydrogen-bond acceptors (Lipinski definition) is 1. The number of benzene rings is 1. The van der Waals surface area contributed by atoms with Crippen LogP contribution >= 0.6 is 27.7 Å². The lowest BCUT2D eigenvalue weighted by molar-refractivity contribution is 1.14. The Bertz CT molecular complexity index is 223. The molecule has 1 radical (unpaired) electrons. The van der Waals surface area contributed by atoms with Gasteiger partial charge in [0.1, 0.15) is 0 Å². The second kappa shape index (κ2) is 4.83. The summed E-state index contributed by atoms with van der Waals surface area (Å²) in [5.41, 5.74) is 1.29. The number of alkyl halides is 1. The molecule has 2 heteroatoms. The van der Waals surface area contributed by atoms with Crippen LogP contribution in [0, 0.1) is 6.07 Å². The molecule has 0 aliphatic rings. The molecule has 1 aromatic rings. The first-order valence-corrected chi connectivity index (χ1v) is 5.82. The first-order valence-electron chi connectivity index (χ1n) is 3.47. The molecule has 0 bridgehead atoms. The molecule has 1 aromatic carbocycles. The monoisotopic (exact) mass is 229 g/mol. The molecule has 0 nitrogen and oxygen atoms in total. The summed E-state index contributed by atoms with van der Waals surface area (Å²) in [5.74, 6) is 0. The molecular weight excluding hydrogens is 220 g/mol. The molecule has 0 aromatic heterocycles. The molecule has 0 fully saturated rings. The number of halogens is 1. The van der Waals surface area contributed by atoms with Crippen LogP contribution < -0.4 is 0 Å². The van der Waals surface area contributed by atoms with Crippen molar-refractivity contribution in [2.24, 2.45) is 0 Å². The van der Waals surface area contributed by atoms with Crippen LogP contribution in [0.15, 0.2) is 23.1 Å². The third kappa shape index (κ3) is 2.88. The molecule has 0 amide bonds. The smallest absolute Gasteiger partial charge is 0.00723 e. The topological polar surface area (TPSA) is 0 Å². The fourth-order valence-electron chi connectivity index (χ4n) is 0.865. The van der Waals surface area contributed by atoms with Gasteiger partial charge in [0.05, 0.1) is 0 Å². The largest absolute Gasteiger partial charge is 0.130 e. The first kappa shape index (κ1) is 9.14. The van der Waals surface area contributed by atoms with E-state index in [1.54, 1.807) is 11.8 Å². The van der Waals surface area contributed by atoms with E-state index in [-0.39, 0.29) is 0 Å². The molecule has 0 spiro atoms. The van der Waals surface area contributed by atoms with Crippen LogP contribution in [0.25, 0.3) is 0 Å². The van der Waals surface area contributed by atoms with Gasteiger partial charge >= 0.3 is 0 Å². The van der Waals surface area contributed by atoms with E-state index in [1.807, 2.05) is 6.07 Å². The Morgan fingerprint density at radius 1 is 1.64 bits per heavy atom. The second-order valence-electron chi connectivity index (χ2n) is 2.19. The number of rotatable bonds is 3. The maximum atomic E-state index is 3.41. The molecule has 0 unspecified atom stereocenters. The van der Waals surface area contributed by atoms with Gasteiger partial charge in [-0.3, -0.25) is 0 Å². The number of aryl methyl sites for hydroxylation is 1. The molecule has 0 atom stereocenters. The van der Waals surface area contributed by atoms with Gasteiger partial charge in [0.2, 0.25) is 0 Å². The molecular formula is C9H10BrS. The van der Waals surface area contributed by atoms with Crippen molar-refractivity contribution in [1.82, 2.24) is 0 Å². The zero-order valence-electron chi connectivity index (χ0n) is 6.43. The molecule has 0 N–H and O–H groups in total. The van der Waals surface area contributed by atoms with E-state index in [4.69, 9.17) is 0 Å². The minimum absolute atomic E-state index is 1.02. The van der Waals surface area contributed by atoms with Gasteiger partial charge in [-0.05, 0) is 36.4 Å². The summed E-state index contributed by atoms with van der Waals surface area (Å²) in [6.45, 7) is 0. The van der Waals surface area contributed by atoms with Crippen molar-refractivity contribution < 1.29 is 0 Å². The van der Waals surface area contributed by atoms with Crippen LogP contribution in [0.2, 0.25) is 0 Å². The SMILES string of the molecule is CSc1cc[c]c(CCBr)c1. The third-order valence-electron chi connectivity index (χ3n) is 1.43. The van der Waals surface area contributed by atoms with E-state index < -0.39 is 0 Å². The summed E-state index contributed by atoms with van der Waals surface area (Å²) in [4.78, 5) is 1.32. The molecule has 1 rings (SSSR count). The quantitative estimate of drug-likeness (QED) is 0.567. The zero-order valence-corrected chi connectivity index (χ0v) is 8.83. The van der Waals surface area contributed by atoms with Crippen LogP contribution in [0.4, 0.5) is 0 Å². The second-order valence-corrected chi connectivity index (χ2v) is 3.87. The van der Waals surface area contributed by atoms with Crippen molar-refractivity contribution in [3.05, 3.63) is 29.8 Å². The van der Waals surface area contributed by atoms with Crippen molar-refractivity contribution in [3.63, 3.8) is 0 Å². The summed E-state index contributed by atoms with van der Waals surface area (Å²) in [5, 5.41) is 1.02. The van der Waals surface area contributed by atoms with Gasteiger partial charge in [-0.15, -0.1) is 11.8 Å². The van der Waals surface area contributed by atoms with E-state index in [0.29, 0.717) is 0 Å². The van der Waals surface area contributed by atoms with Crippen molar-refractivity contribution in [1.29, 1.82) is 0 Å². The van der Waals surface area contributed by atoms with Gasteiger partial charge < -0.3 is 0 Å². The standard InChI is InChI=1S/C9H10BrS/c1-11-9-4-2-3-8(7-9)5-6-10/h2,4,7H,5-6H2,1H3. The van der Waals surface area contributed by atoms with Crippen LogP contribution in [-0.2, 0) is 6.42 Å². The fourth-order valence-corrected chi connectivity index (χ4v) is 1.76. The normalized spacial score (nSPS) is 10.0. The molecule has 0 saturated carbocycles. The lowest BCUT2D eigenvalue weighted by Gasteiger charge is -1.99. The molecule has 0 aliphatic heterocycles. The zero-order chi connectivity index (χ0) is 8.10. The Morgan fingerprint density at radius 3 is 3.09 bits per heavy atom. The highest BCUT2D eigenvalue weighted by Gasteiger charge is 1.93. The van der Waals surface area contributed by atoms with E-state index in [2.05, 4.69) is 40.4 Å². The molecule has 0 heterocycles. The Labute approximate surface area is 80.5 Å². The third-order valence-corrected chi connectivity index (χ3v) is 2.55. The summed E-state index contributed by atoms with van der Waals surface area (Å²) in [7, 11) is 0. The Morgan fingerprint density at radius 2 is 2.45 bits per heavy atom. The highest BCUT2D eigenvalue weighted by Crippen LogP contribution is 2.15. The Balaban J connectivity index is 2.74. The number of hydrogen-bond donors (Lipinski definition) is 0. The average Bonchev–Trinajstić information content (AvgIpc) is 2.06. The Kier molecular flexibility index (Phi) is 4.02. The maximum absolute atomic E-state index is 3.41. The average molecular weight is 230 g/mol. The molecule has 11 heavy (non-hydrogen) atoms.